The van der Waals surface area contributed by atoms with Gasteiger partial charge in [0, 0.05) is 38.9 Å². The predicted octanol–water partition coefficient (Wildman–Crippen LogP) is -0.833. The highest BCUT2D eigenvalue weighted by Gasteiger charge is 2.54. The largest absolute Gasteiger partial charge is 0.394 e. The maximum Gasteiger partial charge on any atom is 0.250 e. The number of carbonyl (C=O) groups is 1. The van der Waals surface area contributed by atoms with Crippen molar-refractivity contribution in [2.24, 2.45) is 12.5 Å². The van der Waals surface area contributed by atoms with Gasteiger partial charge < -0.3 is 19.7 Å². The summed E-state index contributed by atoms with van der Waals surface area (Å²) in [4.78, 5) is 28.0. The number of amides is 1. The van der Waals surface area contributed by atoms with Crippen LogP contribution in [0.5, 0.6) is 0 Å². The number of pyridine rings is 1. The number of likely N-dealkylation sites (tertiary alicyclic amines) is 1. The molecule has 0 bridgehead atoms. The highest BCUT2D eigenvalue weighted by molar-refractivity contribution is 6.04. The van der Waals surface area contributed by atoms with E-state index < -0.39 is 6.10 Å². The Morgan fingerprint density at radius 3 is 2.74 bits per heavy atom. The molecule has 23 heavy (non-hydrogen) atoms. The zero-order valence-corrected chi connectivity index (χ0v) is 13.3. The van der Waals surface area contributed by atoms with Crippen LogP contribution in [0.4, 0.5) is 5.69 Å². The van der Waals surface area contributed by atoms with Gasteiger partial charge in [-0.1, -0.05) is 0 Å². The second-order valence-electron chi connectivity index (χ2n) is 6.68. The molecular formula is C16H23N3O4. The molecule has 1 aromatic rings. The van der Waals surface area contributed by atoms with Gasteiger partial charge in [0.05, 0.1) is 23.8 Å². The zero-order valence-electron chi connectivity index (χ0n) is 13.3. The van der Waals surface area contributed by atoms with Crippen LogP contribution < -0.4 is 10.5 Å². The van der Waals surface area contributed by atoms with Crippen molar-refractivity contribution >= 4 is 11.6 Å². The van der Waals surface area contributed by atoms with E-state index in [-0.39, 0.29) is 23.5 Å². The molecular weight excluding hydrogens is 298 g/mol. The van der Waals surface area contributed by atoms with Crippen molar-refractivity contribution in [3.05, 3.63) is 28.7 Å². The van der Waals surface area contributed by atoms with Crippen LogP contribution in [-0.2, 0) is 11.8 Å². The molecule has 3 heterocycles. The molecule has 1 spiro atoms. The molecule has 0 aliphatic carbocycles. The summed E-state index contributed by atoms with van der Waals surface area (Å²) >= 11 is 0. The highest BCUT2D eigenvalue weighted by Crippen LogP contribution is 2.42. The number of β-lactam (4-membered cyclic amide) rings is 1. The van der Waals surface area contributed by atoms with Crippen molar-refractivity contribution in [2.75, 3.05) is 37.7 Å². The van der Waals surface area contributed by atoms with Gasteiger partial charge in [-0.3, -0.25) is 14.5 Å². The molecule has 0 unspecified atom stereocenters. The molecule has 0 saturated carbocycles. The molecule has 2 N–H and O–H groups in total. The molecule has 2 fully saturated rings. The number of piperidine rings is 1. The third kappa shape index (κ3) is 2.91. The Morgan fingerprint density at radius 2 is 2.09 bits per heavy atom. The second kappa shape index (κ2) is 6.07. The summed E-state index contributed by atoms with van der Waals surface area (Å²) in [5.41, 5.74) is 0.260. The molecule has 1 amide bonds. The van der Waals surface area contributed by atoms with Gasteiger partial charge in [-0.2, -0.15) is 0 Å². The first-order valence-electron chi connectivity index (χ1n) is 7.95. The minimum atomic E-state index is -0.764. The summed E-state index contributed by atoms with van der Waals surface area (Å²) in [6.07, 6.45) is 2.67. The average Bonchev–Trinajstić information content (AvgIpc) is 2.55. The molecule has 126 valence electrons. The molecule has 7 heteroatoms. The fourth-order valence-corrected chi connectivity index (χ4v) is 3.63. The van der Waals surface area contributed by atoms with Gasteiger partial charge in [-0.15, -0.1) is 0 Å². The van der Waals surface area contributed by atoms with Crippen molar-refractivity contribution in [1.29, 1.82) is 0 Å². The first-order chi connectivity index (χ1) is 10.9. The number of carbonyl (C=O) groups excluding carboxylic acids is 1. The Labute approximate surface area is 134 Å². The van der Waals surface area contributed by atoms with Gasteiger partial charge in [-0.25, -0.2) is 0 Å². The summed E-state index contributed by atoms with van der Waals surface area (Å²) in [7, 11) is 1.67. The fourth-order valence-electron chi connectivity index (χ4n) is 3.63. The highest BCUT2D eigenvalue weighted by atomic mass is 16.3. The van der Waals surface area contributed by atoms with E-state index in [1.54, 1.807) is 24.2 Å². The van der Waals surface area contributed by atoms with E-state index >= 15 is 0 Å². The fraction of sp³-hybridized carbons (Fsp3) is 0.625. The minimum absolute atomic E-state index is 0.0827. The number of aryl methyl sites for hydroxylation is 1. The topological polar surface area (TPSA) is 86.0 Å². The second-order valence-corrected chi connectivity index (χ2v) is 6.68. The molecule has 0 radical (unpaired) electrons. The first-order valence-corrected chi connectivity index (χ1v) is 7.95. The Balaban J connectivity index is 1.70. The van der Waals surface area contributed by atoms with Crippen LogP contribution in [0.25, 0.3) is 0 Å². The SMILES string of the molecule is Cn1cc(N2C[C@]3(CCCN(C[C@@H](O)CO)C3)C2=O)ccc1=O. The van der Waals surface area contributed by atoms with E-state index in [0.717, 1.165) is 25.1 Å². The summed E-state index contributed by atoms with van der Waals surface area (Å²) in [6.45, 7) is 2.22. The van der Waals surface area contributed by atoms with Crippen LogP contribution >= 0.6 is 0 Å². The first kappa shape index (κ1) is 16.2. The summed E-state index contributed by atoms with van der Waals surface area (Å²) in [5.74, 6) is 0.0827. The minimum Gasteiger partial charge on any atom is -0.394 e. The summed E-state index contributed by atoms with van der Waals surface area (Å²) in [6, 6.07) is 3.15. The lowest BCUT2D eigenvalue weighted by atomic mass is 9.72. The number of aliphatic hydroxyl groups is 2. The lowest BCUT2D eigenvalue weighted by Gasteiger charge is -2.53. The van der Waals surface area contributed by atoms with Crippen LogP contribution in [0.15, 0.2) is 23.1 Å². The van der Waals surface area contributed by atoms with Crippen molar-refractivity contribution in [3.63, 3.8) is 0 Å². The zero-order chi connectivity index (χ0) is 16.6. The molecule has 2 atom stereocenters. The van der Waals surface area contributed by atoms with Crippen LogP contribution in [-0.4, -0.2) is 64.5 Å². The number of hydrogen-bond donors (Lipinski definition) is 2. The normalized spacial score (nSPS) is 26.4. The number of aromatic nitrogens is 1. The van der Waals surface area contributed by atoms with Crippen LogP contribution in [0.2, 0.25) is 0 Å². The van der Waals surface area contributed by atoms with Gasteiger partial charge in [0.25, 0.3) is 0 Å². The van der Waals surface area contributed by atoms with Crippen molar-refractivity contribution in [2.45, 2.75) is 18.9 Å². The number of aliphatic hydroxyl groups excluding tert-OH is 2. The smallest absolute Gasteiger partial charge is 0.250 e. The Kier molecular flexibility index (Phi) is 4.27. The van der Waals surface area contributed by atoms with Crippen LogP contribution in [0, 0.1) is 5.41 Å². The summed E-state index contributed by atoms with van der Waals surface area (Å²) in [5, 5.41) is 18.6. The number of β-amino-alcohol motifs (C(OH)–C–C–N with tert-alkyl or cyclic N) is 1. The number of nitrogens with zero attached hydrogens (tertiary/aromatic N) is 3. The lowest BCUT2D eigenvalue weighted by Crippen LogP contribution is -2.67. The molecule has 0 aromatic carbocycles. The van der Waals surface area contributed by atoms with Gasteiger partial charge in [0.15, 0.2) is 0 Å². The van der Waals surface area contributed by atoms with Crippen molar-refractivity contribution in [3.8, 4) is 0 Å². The third-order valence-corrected chi connectivity index (χ3v) is 4.88. The van der Waals surface area contributed by atoms with Gasteiger partial charge in [0.2, 0.25) is 11.5 Å². The van der Waals surface area contributed by atoms with Gasteiger partial charge >= 0.3 is 0 Å². The quantitative estimate of drug-likeness (QED) is 0.707. The van der Waals surface area contributed by atoms with E-state index in [9.17, 15) is 14.7 Å². The maximum absolute atomic E-state index is 12.7. The Hall–Kier alpha value is -1.70. The standard InChI is InChI=1S/C16H23N3O4/c1-17-7-12(3-4-14(17)22)19-11-16(15(19)23)5-2-6-18(10-16)8-13(21)9-20/h3-4,7,13,20-21H,2,5-6,8-11H2,1H3/t13-,16-/m1/s1. The Bertz CT molecular complexity index is 659. The Morgan fingerprint density at radius 1 is 1.30 bits per heavy atom. The van der Waals surface area contributed by atoms with E-state index in [2.05, 4.69) is 4.90 Å². The third-order valence-electron chi connectivity index (χ3n) is 4.88. The molecule has 2 aliphatic heterocycles. The van der Waals surface area contributed by atoms with E-state index in [1.807, 2.05) is 0 Å². The molecule has 2 saturated heterocycles. The van der Waals surface area contributed by atoms with Gasteiger partial charge in [0.1, 0.15) is 0 Å². The lowest BCUT2D eigenvalue weighted by molar-refractivity contribution is -0.140. The van der Waals surface area contributed by atoms with E-state index in [0.29, 0.717) is 19.6 Å². The summed E-state index contributed by atoms with van der Waals surface area (Å²) < 4.78 is 1.47. The molecule has 2 aliphatic rings. The monoisotopic (exact) mass is 321 g/mol. The van der Waals surface area contributed by atoms with Crippen molar-refractivity contribution in [1.82, 2.24) is 9.47 Å². The van der Waals surface area contributed by atoms with E-state index in [4.69, 9.17) is 5.11 Å². The molecule has 7 nitrogen and oxygen atoms in total. The van der Waals surface area contributed by atoms with Gasteiger partial charge in [-0.05, 0) is 25.5 Å². The number of anilines is 1. The number of hydrogen-bond acceptors (Lipinski definition) is 5. The average molecular weight is 321 g/mol. The number of rotatable bonds is 4. The molecule has 1 aromatic heterocycles. The van der Waals surface area contributed by atoms with Crippen molar-refractivity contribution < 1.29 is 15.0 Å². The molecule has 3 rings (SSSR count). The van der Waals surface area contributed by atoms with Crippen LogP contribution in [0.3, 0.4) is 0 Å². The van der Waals surface area contributed by atoms with Crippen LogP contribution in [0.1, 0.15) is 12.8 Å². The van der Waals surface area contributed by atoms with E-state index in [1.165, 1.54) is 10.6 Å². The maximum atomic E-state index is 12.7. The predicted molar refractivity (Wildman–Crippen MR) is 85.2 cm³/mol.